The van der Waals surface area contributed by atoms with Gasteiger partial charge in [-0.1, -0.05) is 23.7 Å². The number of nitrogens with one attached hydrogen (secondary N) is 1. The van der Waals surface area contributed by atoms with Crippen molar-refractivity contribution < 1.29 is 27.5 Å². The van der Waals surface area contributed by atoms with Crippen LogP contribution < -0.4 is 5.32 Å². The highest BCUT2D eigenvalue weighted by Crippen LogP contribution is 2.20. The van der Waals surface area contributed by atoms with Gasteiger partial charge in [0.25, 0.3) is 0 Å². The second-order valence-corrected chi connectivity index (χ2v) is 8.83. The predicted molar refractivity (Wildman–Crippen MR) is 137 cm³/mol. The third kappa shape index (κ3) is 8.87. The van der Waals surface area contributed by atoms with Gasteiger partial charge in [-0.25, -0.2) is 13.6 Å². The third-order valence-corrected chi connectivity index (χ3v) is 5.78. The van der Waals surface area contributed by atoms with Gasteiger partial charge >= 0.3 is 6.03 Å². The van der Waals surface area contributed by atoms with E-state index in [9.17, 15) is 18.4 Å². The van der Waals surface area contributed by atoms with E-state index in [-0.39, 0.29) is 42.9 Å². The van der Waals surface area contributed by atoms with Crippen LogP contribution in [0, 0.1) is 18.6 Å². The summed E-state index contributed by atoms with van der Waals surface area (Å²) < 4.78 is 38.0. The van der Waals surface area contributed by atoms with Crippen molar-refractivity contribution in [2.24, 2.45) is 0 Å². The summed E-state index contributed by atoms with van der Waals surface area (Å²) in [5, 5.41) is 2.54. The molecule has 0 aliphatic heterocycles. The number of anilines is 1. The quantitative estimate of drug-likeness (QED) is 0.289. The van der Waals surface area contributed by atoms with Crippen LogP contribution in [0.1, 0.15) is 30.4 Å². The van der Waals surface area contributed by atoms with Crippen LogP contribution in [0.3, 0.4) is 0 Å². The van der Waals surface area contributed by atoms with Gasteiger partial charge in [-0.2, -0.15) is 0 Å². The third-order valence-electron chi connectivity index (χ3n) is 5.49. The number of hydrogen-bond donors (Lipinski definition) is 1. The molecule has 0 unspecified atom stereocenters. The lowest BCUT2D eigenvalue weighted by Crippen LogP contribution is -2.44. The predicted octanol–water partition coefficient (Wildman–Crippen LogP) is 6.01. The lowest BCUT2D eigenvalue weighted by Gasteiger charge is -2.27. The number of benzene rings is 2. The molecule has 1 N–H and O–H groups in total. The van der Waals surface area contributed by atoms with Crippen LogP contribution in [0.4, 0.5) is 19.3 Å². The number of urea groups is 1. The number of hydrogen-bond acceptors (Lipinski definition) is 4. The monoisotopic (exact) mass is 533 g/mol. The maximum atomic E-state index is 13.5. The molecule has 2 aromatic carbocycles. The highest BCUT2D eigenvalue weighted by molar-refractivity contribution is 6.31. The number of carbonyl (C=O) groups is 2. The second-order valence-electron chi connectivity index (χ2n) is 8.42. The molecular weight excluding hydrogens is 504 g/mol. The Bertz CT molecular complexity index is 1190. The van der Waals surface area contributed by atoms with E-state index in [1.165, 1.54) is 29.2 Å². The SMILES string of the molecule is CCOCCCN(CC(=O)N(Cc1ccc(F)cc1)Cc1ccc(C)o1)C(=O)Nc1ccc(F)c(Cl)c1. The summed E-state index contributed by atoms with van der Waals surface area (Å²) in [5.41, 5.74) is 1.03. The van der Waals surface area contributed by atoms with E-state index in [2.05, 4.69) is 5.32 Å². The van der Waals surface area contributed by atoms with Gasteiger partial charge in [0.2, 0.25) is 5.91 Å². The van der Waals surface area contributed by atoms with Crippen LogP contribution in [0.5, 0.6) is 0 Å². The summed E-state index contributed by atoms with van der Waals surface area (Å²) in [7, 11) is 0. The Balaban J connectivity index is 1.77. The van der Waals surface area contributed by atoms with E-state index < -0.39 is 11.8 Å². The zero-order chi connectivity index (χ0) is 26.8. The highest BCUT2D eigenvalue weighted by atomic mass is 35.5. The summed E-state index contributed by atoms with van der Waals surface area (Å²) in [5.74, 6) is -0.0169. The Labute approximate surface area is 219 Å². The molecule has 198 valence electrons. The van der Waals surface area contributed by atoms with Gasteiger partial charge in [-0.05, 0) is 68.3 Å². The van der Waals surface area contributed by atoms with E-state index in [1.807, 2.05) is 13.8 Å². The molecule has 0 saturated heterocycles. The normalized spacial score (nSPS) is 10.8. The molecular formula is C27H30ClF2N3O4. The molecule has 0 aliphatic carbocycles. The molecule has 0 radical (unpaired) electrons. The van der Waals surface area contributed by atoms with Crippen molar-refractivity contribution in [2.75, 3.05) is 31.6 Å². The van der Waals surface area contributed by atoms with E-state index in [4.69, 9.17) is 20.8 Å². The molecule has 3 rings (SSSR count). The fourth-order valence-electron chi connectivity index (χ4n) is 3.59. The lowest BCUT2D eigenvalue weighted by molar-refractivity contribution is -0.133. The van der Waals surface area contributed by atoms with Gasteiger partial charge in [0.05, 0.1) is 11.6 Å². The molecule has 0 fully saturated rings. The summed E-state index contributed by atoms with van der Waals surface area (Å²) in [6.07, 6.45) is 0.508. The van der Waals surface area contributed by atoms with Gasteiger partial charge in [-0.3, -0.25) is 4.79 Å². The van der Waals surface area contributed by atoms with Crippen LogP contribution in [0.25, 0.3) is 0 Å². The van der Waals surface area contributed by atoms with E-state index >= 15 is 0 Å². The highest BCUT2D eigenvalue weighted by Gasteiger charge is 2.23. The first-order valence-electron chi connectivity index (χ1n) is 11.9. The van der Waals surface area contributed by atoms with Crippen molar-refractivity contribution in [3.8, 4) is 0 Å². The molecule has 3 amide bonds. The zero-order valence-corrected chi connectivity index (χ0v) is 21.6. The number of rotatable bonds is 12. The van der Waals surface area contributed by atoms with Gasteiger partial charge in [-0.15, -0.1) is 0 Å². The van der Waals surface area contributed by atoms with Crippen molar-refractivity contribution in [1.82, 2.24) is 9.80 Å². The van der Waals surface area contributed by atoms with Crippen LogP contribution in [-0.4, -0.2) is 48.0 Å². The molecule has 7 nitrogen and oxygen atoms in total. The fourth-order valence-corrected chi connectivity index (χ4v) is 3.78. The minimum Gasteiger partial charge on any atom is -0.464 e. The minimum atomic E-state index is -0.604. The largest absolute Gasteiger partial charge is 0.464 e. The Morgan fingerprint density at radius 3 is 2.43 bits per heavy atom. The molecule has 0 saturated carbocycles. The first-order valence-corrected chi connectivity index (χ1v) is 12.3. The van der Waals surface area contributed by atoms with Crippen molar-refractivity contribution >= 4 is 29.2 Å². The Hall–Kier alpha value is -3.43. The van der Waals surface area contributed by atoms with Crippen LogP contribution in [0.15, 0.2) is 59.0 Å². The Kier molecular flexibility index (Phi) is 10.5. The molecule has 10 heteroatoms. The average Bonchev–Trinajstić information content (AvgIpc) is 3.28. The van der Waals surface area contributed by atoms with Crippen molar-refractivity contribution in [3.05, 3.63) is 88.3 Å². The number of furan rings is 1. The second kappa shape index (κ2) is 13.8. The summed E-state index contributed by atoms with van der Waals surface area (Å²) in [4.78, 5) is 29.5. The van der Waals surface area contributed by atoms with Crippen molar-refractivity contribution in [3.63, 3.8) is 0 Å². The molecule has 1 heterocycles. The van der Waals surface area contributed by atoms with Crippen LogP contribution >= 0.6 is 11.6 Å². The van der Waals surface area contributed by atoms with Gasteiger partial charge in [0, 0.05) is 32.0 Å². The summed E-state index contributed by atoms with van der Waals surface area (Å²) in [6, 6.07) is 12.8. The number of ether oxygens (including phenoxy) is 1. The number of nitrogens with zero attached hydrogens (tertiary/aromatic N) is 2. The Morgan fingerprint density at radius 2 is 1.78 bits per heavy atom. The standard InChI is InChI=1S/C27H30ClF2N3O4/c1-3-36-14-4-13-32(27(35)31-22-10-12-25(30)24(28)15-22)18-26(34)33(17-23-11-5-19(2)37-23)16-20-6-8-21(29)9-7-20/h5-12,15H,3-4,13-14,16-18H2,1-2H3,(H,31,35). The fraction of sp³-hybridized carbons (Fsp3) is 0.333. The molecule has 37 heavy (non-hydrogen) atoms. The first kappa shape index (κ1) is 28.1. The van der Waals surface area contributed by atoms with Gasteiger partial charge in [0.15, 0.2) is 0 Å². The number of halogens is 3. The number of aryl methyl sites for hydroxylation is 1. The topological polar surface area (TPSA) is 75.0 Å². The summed E-state index contributed by atoms with van der Waals surface area (Å²) in [6.45, 7) is 5.02. The number of amides is 3. The summed E-state index contributed by atoms with van der Waals surface area (Å²) >= 11 is 5.84. The van der Waals surface area contributed by atoms with E-state index in [0.29, 0.717) is 36.8 Å². The molecule has 1 aromatic heterocycles. The Morgan fingerprint density at radius 1 is 1.03 bits per heavy atom. The first-order chi connectivity index (χ1) is 17.7. The van der Waals surface area contributed by atoms with Crippen molar-refractivity contribution in [2.45, 2.75) is 33.4 Å². The van der Waals surface area contributed by atoms with Crippen LogP contribution in [0.2, 0.25) is 5.02 Å². The molecule has 0 atom stereocenters. The smallest absolute Gasteiger partial charge is 0.322 e. The molecule has 0 aliphatic rings. The van der Waals surface area contributed by atoms with Gasteiger partial charge in [0.1, 0.15) is 29.7 Å². The maximum Gasteiger partial charge on any atom is 0.322 e. The van der Waals surface area contributed by atoms with E-state index in [1.54, 1.807) is 29.2 Å². The molecule has 0 spiro atoms. The molecule has 3 aromatic rings. The van der Waals surface area contributed by atoms with Crippen LogP contribution in [-0.2, 0) is 22.6 Å². The lowest BCUT2D eigenvalue weighted by atomic mass is 10.2. The zero-order valence-electron chi connectivity index (χ0n) is 20.8. The maximum absolute atomic E-state index is 13.5. The van der Waals surface area contributed by atoms with Gasteiger partial charge < -0.3 is 24.3 Å². The van der Waals surface area contributed by atoms with Crippen molar-refractivity contribution in [1.29, 1.82) is 0 Å². The van der Waals surface area contributed by atoms with E-state index in [0.717, 1.165) is 11.6 Å². The average molecular weight is 534 g/mol. The number of carbonyl (C=O) groups excluding carboxylic acids is 2. The molecule has 0 bridgehead atoms. The minimum absolute atomic E-state index is 0.129.